The van der Waals surface area contributed by atoms with E-state index >= 15 is 0 Å². The van der Waals surface area contributed by atoms with E-state index in [2.05, 4.69) is 50.3 Å². The Balaban J connectivity index is -0.000000814. The molecule has 0 N–H and O–H groups in total. The van der Waals surface area contributed by atoms with E-state index in [1.54, 1.807) is 0 Å². The fourth-order valence-corrected chi connectivity index (χ4v) is 6.97. The summed E-state index contributed by atoms with van der Waals surface area (Å²) in [5.41, 5.74) is 2.91. The van der Waals surface area contributed by atoms with Crippen LogP contribution in [-0.4, -0.2) is 0 Å². The standard InChI is InChI=1S/2C23H41.2ClH.Zr/c2*1-2-3-4-5-6-7-8-9-10-11-12-13-14-15-16-17-20-23-21-18-19-22-23;;;/h2*18,21H,2-17,19-20H2,1H3;2*1H;/q2*-1;;;+2. The fourth-order valence-electron chi connectivity index (χ4n) is 6.97. The van der Waals surface area contributed by atoms with Gasteiger partial charge < -0.3 is 0 Å². The van der Waals surface area contributed by atoms with Crippen LogP contribution in [0.3, 0.4) is 0 Å². The molecular formula is C46H84Cl2Zr. The first-order valence-corrected chi connectivity index (χ1v) is 21.4. The summed E-state index contributed by atoms with van der Waals surface area (Å²) < 4.78 is 0. The van der Waals surface area contributed by atoms with Gasteiger partial charge in [-0.15, -0.1) is 37.7 Å². The van der Waals surface area contributed by atoms with Crippen LogP contribution in [0, 0.1) is 12.2 Å². The first-order chi connectivity index (χ1) is 22.9. The molecule has 0 spiro atoms. The van der Waals surface area contributed by atoms with E-state index in [0.29, 0.717) is 0 Å². The van der Waals surface area contributed by atoms with Crippen LogP contribution in [0.5, 0.6) is 0 Å². The molecule has 2 rings (SSSR count). The molecule has 0 aromatic heterocycles. The molecular weight excluding hydrogens is 715 g/mol. The molecule has 0 saturated heterocycles. The van der Waals surface area contributed by atoms with Crippen LogP contribution in [0.15, 0.2) is 35.5 Å². The van der Waals surface area contributed by atoms with Crippen molar-refractivity contribution in [3.63, 3.8) is 0 Å². The monoisotopic (exact) mass is 796 g/mol. The van der Waals surface area contributed by atoms with Gasteiger partial charge in [0, 0.05) is 0 Å². The van der Waals surface area contributed by atoms with E-state index in [1.807, 2.05) is 0 Å². The fraction of sp³-hybridized carbons (Fsp3) is 0.826. The molecule has 0 unspecified atom stereocenters. The van der Waals surface area contributed by atoms with Crippen LogP contribution in [0.1, 0.15) is 245 Å². The van der Waals surface area contributed by atoms with Gasteiger partial charge in [-0.25, -0.2) is 23.3 Å². The Hall–Kier alpha value is 0.423. The number of allylic oxidation sites excluding steroid dienone is 8. The minimum atomic E-state index is 0. The number of rotatable bonds is 34. The predicted octanol–water partition coefficient (Wildman–Crippen LogP) is 17.5. The van der Waals surface area contributed by atoms with Gasteiger partial charge >= 0.3 is 26.2 Å². The second-order valence-electron chi connectivity index (χ2n) is 14.7. The first kappa shape index (κ1) is 53.8. The third-order valence-corrected chi connectivity index (χ3v) is 10.1. The molecule has 286 valence electrons. The quantitative estimate of drug-likeness (QED) is 0.0449. The smallest absolute Gasteiger partial charge is 0.269 e. The second kappa shape index (κ2) is 46.4. The third kappa shape index (κ3) is 41.0. The normalized spacial score (nSPS) is 12.9. The van der Waals surface area contributed by atoms with Gasteiger partial charge in [0.2, 0.25) is 0 Å². The second-order valence-corrected chi connectivity index (χ2v) is 14.7. The molecule has 0 atom stereocenters. The van der Waals surface area contributed by atoms with Crippen LogP contribution in [0.2, 0.25) is 0 Å². The van der Waals surface area contributed by atoms with Gasteiger partial charge in [0.25, 0.3) is 0 Å². The molecule has 0 aliphatic heterocycles. The average Bonchev–Trinajstić information content (AvgIpc) is 3.80. The molecule has 2 aliphatic carbocycles. The zero-order valence-corrected chi connectivity index (χ0v) is 37.2. The molecule has 0 heterocycles. The molecule has 49 heavy (non-hydrogen) atoms. The van der Waals surface area contributed by atoms with Gasteiger partial charge in [-0.1, -0.05) is 232 Å². The Morgan fingerprint density at radius 1 is 0.347 bits per heavy atom. The summed E-state index contributed by atoms with van der Waals surface area (Å²) in [6.07, 6.45) is 66.8. The van der Waals surface area contributed by atoms with Crippen molar-refractivity contribution in [2.45, 2.75) is 245 Å². The maximum atomic E-state index is 3.41. The predicted molar refractivity (Wildman–Crippen MR) is 224 cm³/mol. The molecule has 0 radical (unpaired) electrons. The van der Waals surface area contributed by atoms with Gasteiger partial charge in [0.1, 0.15) is 0 Å². The van der Waals surface area contributed by atoms with Crippen LogP contribution >= 0.6 is 24.8 Å². The van der Waals surface area contributed by atoms with Crippen LogP contribution in [0.25, 0.3) is 0 Å². The third-order valence-electron chi connectivity index (χ3n) is 10.1. The molecule has 0 nitrogen and oxygen atoms in total. The Bertz CT molecular complexity index is 675. The number of halogens is 2. The van der Waals surface area contributed by atoms with E-state index in [-0.39, 0.29) is 51.0 Å². The van der Waals surface area contributed by atoms with Gasteiger partial charge in [-0.3, -0.25) is 12.2 Å². The summed E-state index contributed by atoms with van der Waals surface area (Å²) in [5, 5.41) is 0. The summed E-state index contributed by atoms with van der Waals surface area (Å²) in [6.45, 7) is 4.59. The summed E-state index contributed by atoms with van der Waals surface area (Å²) in [4.78, 5) is 0. The maximum Gasteiger partial charge on any atom is 2.00 e. The molecule has 2 aliphatic rings. The molecule has 0 aromatic carbocycles. The molecule has 0 aromatic rings. The van der Waals surface area contributed by atoms with Gasteiger partial charge in [0.15, 0.2) is 0 Å². The summed E-state index contributed by atoms with van der Waals surface area (Å²) in [7, 11) is 0. The molecule has 0 bridgehead atoms. The Morgan fingerprint density at radius 2 is 0.551 bits per heavy atom. The van der Waals surface area contributed by atoms with Crippen molar-refractivity contribution in [3.8, 4) is 0 Å². The van der Waals surface area contributed by atoms with Crippen molar-refractivity contribution in [3.05, 3.63) is 47.6 Å². The van der Waals surface area contributed by atoms with Crippen LogP contribution in [0.4, 0.5) is 0 Å². The minimum absolute atomic E-state index is 0. The Morgan fingerprint density at radius 3 is 0.735 bits per heavy atom. The number of hydrogen-bond donors (Lipinski definition) is 0. The Kier molecular flexibility index (Phi) is 51.0. The van der Waals surface area contributed by atoms with Gasteiger partial charge in [0.05, 0.1) is 0 Å². The zero-order valence-electron chi connectivity index (χ0n) is 33.1. The van der Waals surface area contributed by atoms with Crippen molar-refractivity contribution in [2.75, 3.05) is 0 Å². The topological polar surface area (TPSA) is 0 Å². The van der Waals surface area contributed by atoms with E-state index < -0.39 is 0 Å². The van der Waals surface area contributed by atoms with Crippen molar-refractivity contribution in [1.29, 1.82) is 0 Å². The molecule has 3 heteroatoms. The molecule has 0 fully saturated rings. The molecule has 0 saturated carbocycles. The van der Waals surface area contributed by atoms with E-state index in [9.17, 15) is 0 Å². The average molecular weight is 799 g/mol. The number of hydrogen-bond acceptors (Lipinski definition) is 0. The van der Waals surface area contributed by atoms with Crippen molar-refractivity contribution >= 4 is 24.8 Å². The van der Waals surface area contributed by atoms with E-state index in [1.165, 1.54) is 229 Å². The largest absolute Gasteiger partial charge is 2.00 e. The summed E-state index contributed by atoms with van der Waals surface area (Å²) in [6, 6.07) is 0. The van der Waals surface area contributed by atoms with Gasteiger partial charge in [-0.2, -0.15) is 12.2 Å². The minimum Gasteiger partial charge on any atom is -0.269 e. The number of unbranched alkanes of at least 4 members (excludes halogenated alkanes) is 30. The summed E-state index contributed by atoms with van der Waals surface area (Å²) in [5.74, 6) is 0. The van der Waals surface area contributed by atoms with Gasteiger partial charge in [-0.05, 0) is 0 Å². The first-order valence-electron chi connectivity index (χ1n) is 21.4. The van der Waals surface area contributed by atoms with Crippen LogP contribution in [-0.2, 0) is 26.2 Å². The van der Waals surface area contributed by atoms with Crippen molar-refractivity contribution < 1.29 is 26.2 Å². The Labute approximate surface area is 341 Å². The SMILES string of the molecule is CCCCCCCCCCCCCCCCCCC1=[C-]CC=C1.CCCCCCCCCCCCCCCCCCC1=[C-]CC=C1.Cl.Cl.[Zr+2]. The maximum absolute atomic E-state index is 3.41. The summed E-state index contributed by atoms with van der Waals surface area (Å²) >= 11 is 0. The van der Waals surface area contributed by atoms with Crippen LogP contribution < -0.4 is 0 Å². The molecule has 0 amide bonds. The van der Waals surface area contributed by atoms with Crippen molar-refractivity contribution in [2.24, 2.45) is 0 Å². The van der Waals surface area contributed by atoms with E-state index in [0.717, 1.165) is 12.8 Å². The van der Waals surface area contributed by atoms with Crippen molar-refractivity contribution in [1.82, 2.24) is 0 Å². The van der Waals surface area contributed by atoms with E-state index in [4.69, 9.17) is 0 Å². The zero-order chi connectivity index (χ0) is 32.9.